The average molecular weight is 364 g/mol. The third-order valence-corrected chi connectivity index (χ3v) is 5.13. The van der Waals surface area contributed by atoms with Gasteiger partial charge in [0, 0.05) is 25.5 Å². The molecule has 4 rings (SSSR count). The molecule has 1 amide bonds. The van der Waals surface area contributed by atoms with E-state index in [0.29, 0.717) is 30.4 Å². The van der Waals surface area contributed by atoms with Gasteiger partial charge in [0.1, 0.15) is 18.0 Å². The van der Waals surface area contributed by atoms with Gasteiger partial charge in [-0.15, -0.1) is 0 Å². The normalized spacial score (nSPS) is 16.8. The number of rotatable bonds is 5. The molecule has 1 aromatic carbocycles. The van der Waals surface area contributed by atoms with Crippen molar-refractivity contribution in [3.63, 3.8) is 0 Å². The number of amides is 1. The molecular formula is C21H24N4O2. The van der Waals surface area contributed by atoms with E-state index in [1.54, 1.807) is 0 Å². The smallest absolute Gasteiger partial charge is 0.257 e. The molecule has 0 saturated carbocycles. The number of hydrogen-bond acceptors (Lipinski definition) is 4. The highest BCUT2D eigenvalue weighted by Crippen LogP contribution is 2.24. The third-order valence-electron chi connectivity index (χ3n) is 5.13. The number of pyridine rings is 1. The maximum Gasteiger partial charge on any atom is 0.257 e. The zero-order chi connectivity index (χ0) is 18.8. The highest BCUT2D eigenvalue weighted by molar-refractivity contribution is 5.97. The number of carbonyl (C=O) groups excluding carboxylic acids is 1. The van der Waals surface area contributed by atoms with Crippen LogP contribution in [0.5, 0.6) is 5.75 Å². The molecule has 1 aliphatic rings. The van der Waals surface area contributed by atoms with Gasteiger partial charge in [-0.25, -0.2) is 4.98 Å². The zero-order valence-corrected chi connectivity index (χ0v) is 15.5. The molecule has 2 N–H and O–H groups in total. The van der Waals surface area contributed by atoms with E-state index >= 15 is 0 Å². The van der Waals surface area contributed by atoms with E-state index < -0.39 is 0 Å². The molecular weight excluding hydrogens is 340 g/mol. The van der Waals surface area contributed by atoms with Crippen molar-refractivity contribution in [2.75, 3.05) is 19.6 Å². The number of para-hydroxylation sites is 1. The van der Waals surface area contributed by atoms with Crippen LogP contribution in [-0.2, 0) is 6.61 Å². The summed E-state index contributed by atoms with van der Waals surface area (Å²) in [6.07, 6.45) is 4.89. The molecule has 3 aromatic rings. The van der Waals surface area contributed by atoms with Crippen LogP contribution in [0, 0.1) is 12.8 Å². The summed E-state index contributed by atoms with van der Waals surface area (Å²) in [5, 5.41) is 0. The van der Waals surface area contributed by atoms with Crippen LogP contribution in [0.2, 0.25) is 0 Å². The van der Waals surface area contributed by atoms with Crippen molar-refractivity contribution >= 4 is 11.6 Å². The first kappa shape index (κ1) is 17.5. The maximum atomic E-state index is 12.9. The molecule has 27 heavy (non-hydrogen) atoms. The summed E-state index contributed by atoms with van der Waals surface area (Å²) in [6.45, 7) is 4.44. The van der Waals surface area contributed by atoms with E-state index in [1.807, 2.05) is 65.0 Å². The van der Waals surface area contributed by atoms with Gasteiger partial charge in [0.15, 0.2) is 0 Å². The van der Waals surface area contributed by atoms with E-state index in [-0.39, 0.29) is 5.91 Å². The lowest BCUT2D eigenvalue weighted by Crippen LogP contribution is -2.30. The number of fused-ring (bicyclic) bond motifs is 1. The van der Waals surface area contributed by atoms with Crippen molar-refractivity contribution in [3.05, 3.63) is 65.6 Å². The fraction of sp³-hybridized carbons (Fsp3) is 0.333. The van der Waals surface area contributed by atoms with Crippen LogP contribution in [0.3, 0.4) is 0 Å². The van der Waals surface area contributed by atoms with Crippen molar-refractivity contribution in [2.45, 2.75) is 20.0 Å². The SMILES string of the molecule is Cc1cccn2cc(COc3ccccc3C(=O)N3CCC(CN)C3)nc12. The first-order valence-corrected chi connectivity index (χ1v) is 9.30. The monoisotopic (exact) mass is 364 g/mol. The number of carbonyl (C=O) groups is 1. The lowest BCUT2D eigenvalue weighted by molar-refractivity contribution is 0.0782. The fourth-order valence-corrected chi connectivity index (χ4v) is 3.57. The highest BCUT2D eigenvalue weighted by Gasteiger charge is 2.27. The van der Waals surface area contributed by atoms with Crippen LogP contribution in [0.25, 0.3) is 5.65 Å². The highest BCUT2D eigenvalue weighted by atomic mass is 16.5. The number of hydrogen-bond donors (Lipinski definition) is 1. The van der Waals surface area contributed by atoms with E-state index in [9.17, 15) is 4.79 Å². The Hall–Kier alpha value is -2.86. The summed E-state index contributed by atoms with van der Waals surface area (Å²) in [7, 11) is 0. The molecule has 0 radical (unpaired) electrons. The van der Waals surface area contributed by atoms with Crippen molar-refractivity contribution in [2.24, 2.45) is 11.7 Å². The molecule has 1 fully saturated rings. The number of likely N-dealkylation sites (tertiary alicyclic amines) is 1. The van der Waals surface area contributed by atoms with Crippen LogP contribution in [0.1, 0.15) is 28.0 Å². The summed E-state index contributed by atoms with van der Waals surface area (Å²) < 4.78 is 7.97. The molecule has 0 spiro atoms. The second-order valence-corrected chi connectivity index (χ2v) is 7.08. The standard InChI is InChI=1S/C21H24N4O2/c1-15-5-4-9-24-13-17(23-20(15)24)14-27-19-7-3-2-6-18(19)21(26)25-10-8-16(11-22)12-25/h2-7,9,13,16H,8,10-12,14,22H2,1H3. The van der Waals surface area contributed by atoms with Gasteiger partial charge in [0.25, 0.3) is 5.91 Å². The van der Waals surface area contributed by atoms with E-state index in [2.05, 4.69) is 4.98 Å². The Balaban J connectivity index is 1.51. The summed E-state index contributed by atoms with van der Waals surface area (Å²) in [4.78, 5) is 19.4. The van der Waals surface area contributed by atoms with Gasteiger partial charge in [-0.2, -0.15) is 0 Å². The molecule has 1 unspecified atom stereocenters. The Morgan fingerprint density at radius 1 is 1.30 bits per heavy atom. The topological polar surface area (TPSA) is 72.9 Å². The van der Waals surface area contributed by atoms with Crippen LogP contribution >= 0.6 is 0 Å². The van der Waals surface area contributed by atoms with Crippen LogP contribution in [0.15, 0.2) is 48.8 Å². The van der Waals surface area contributed by atoms with E-state index in [1.165, 1.54) is 0 Å². The predicted octanol–water partition coefficient (Wildman–Crippen LogP) is 2.64. The molecule has 1 saturated heterocycles. The molecule has 1 atom stereocenters. The minimum Gasteiger partial charge on any atom is -0.486 e. The minimum atomic E-state index is 0.00685. The number of aromatic nitrogens is 2. The van der Waals surface area contributed by atoms with Gasteiger partial charge in [0.05, 0.1) is 11.3 Å². The maximum absolute atomic E-state index is 12.9. The van der Waals surface area contributed by atoms with Crippen LogP contribution in [-0.4, -0.2) is 39.8 Å². The Morgan fingerprint density at radius 3 is 2.93 bits per heavy atom. The molecule has 2 aromatic heterocycles. The molecule has 0 aliphatic carbocycles. The number of nitrogens with zero attached hydrogens (tertiary/aromatic N) is 3. The van der Waals surface area contributed by atoms with Crippen molar-refractivity contribution in [1.82, 2.24) is 14.3 Å². The summed E-state index contributed by atoms with van der Waals surface area (Å²) >= 11 is 0. The van der Waals surface area contributed by atoms with Gasteiger partial charge in [-0.05, 0) is 49.6 Å². The Labute approximate surface area is 158 Å². The molecule has 0 bridgehead atoms. The molecule has 140 valence electrons. The third kappa shape index (κ3) is 3.53. The predicted molar refractivity (Wildman–Crippen MR) is 104 cm³/mol. The number of ether oxygens (including phenoxy) is 1. The number of aryl methyl sites for hydroxylation is 1. The molecule has 3 heterocycles. The lowest BCUT2D eigenvalue weighted by atomic mass is 10.1. The molecule has 6 heteroatoms. The average Bonchev–Trinajstić information content (AvgIpc) is 3.33. The quantitative estimate of drug-likeness (QED) is 0.755. The number of benzene rings is 1. The number of nitrogens with two attached hydrogens (primary N) is 1. The van der Waals surface area contributed by atoms with E-state index in [4.69, 9.17) is 10.5 Å². The molecule has 6 nitrogen and oxygen atoms in total. The van der Waals surface area contributed by atoms with Crippen molar-refractivity contribution < 1.29 is 9.53 Å². The molecule has 1 aliphatic heterocycles. The minimum absolute atomic E-state index is 0.00685. The zero-order valence-electron chi connectivity index (χ0n) is 15.5. The van der Waals surface area contributed by atoms with Gasteiger partial charge < -0.3 is 19.8 Å². The summed E-state index contributed by atoms with van der Waals surface area (Å²) in [5.74, 6) is 0.989. The van der Waals surface area contributed by atoms with E-state index in [0.717, 1.165) is 36.4 Å². The lowest BCUT2D eigenvalue weighted by Gasteiger charge is -2.18. The first-order chi connectivity index (χ1) is 13.2. The summed E-state index contributed by atoms with van der Waals surface area (Å²) in [6, 6.07) is 11.4. The van der Waals surface area contributed by atoms with Crippen LogP contribution in [0.4, 0.5) is 0 Å². The number of imidazole rings is 1. The van der Waals surface area contributed by atoms with Crippen molar-refractivity contribution in [1.29, 1.82) is 0 Å². The fourth-order valence-electron chi connectivity index (χ4n) is 3.57. The van der Waals surface area contributed by atoms with Crippen LogP contribution < -0.4 is 10.5 Å². The van der Waals surface area contributed by atoms with Gasteiger partial charge in [-0.1, -0.05) is 18.2 Å². The Bertz CT molecular complexity index is 966. The Morgan fingerprint density at radius 2 is 2.15 bits per heavy atom. The van der Waals surface area contributed by atoms with Gasteiger partial charge in [-0.3, -0.25) is 4.79 Å². The van der Waals surface area contributed by atoms with Crippen molar-refractivity contribution in [3.8, 4) is 5.75 Å². The largest absolute Gasteiger partial charge is 0.486 e. The second-order valence-electron chi connectivity index (χ2n) is 7.08. The Kier molecular flexibility index (Phi) is 4.81. The summed E-state index contributed by atoms with van der Waals surface area (Å²) in [5.41, 5.74) is 9.21. The second kappa shape index (κ2) is 7.40. The van der Waals surface area contributed by atoms with Gasteiger partial charge in [0.2, 0.25) is 0 Å². The first-order valence-electron chi connectivity index (χ1n) is 9.30. The van der Waals surface area contributed by atoms with Gasteiger partial charge >= 0.3 is 0 Å².